The van der Waals surface area contributed by atoms with Gasteiger partial charge in [0.2, 0.25) is 0 Å². The van der Waals surface area contributed by atoms with Crippen LogP contribution in [0.25, 0.3) is 50.0 Å². The number of nitrogen functional groups attached to an aromatic ring is 1. The smallest absolute Gasteiger partial charge is 0.0967 e. The Morgan fingerprint density at radius 2 is 1.28 bits per heavy atom. The summed E-state index contributed by atoms with van der Waals surface area (Å²) in [7, 11) is 2.01. The number of nitrogens with two attached hydrogens (primary N) is 1. The maximum Gasteiger partial charge on any atom is 0.0967 e. The number of hydrogen-bond donors (Lipinski definition) is 1. The summed E-state index contributed by atoms with van der Waals surface area (Å²) in [6, 6.07) is 32.4. The van der Waals surface area contributed by atoms with Crippen molar-refractivity contribution in [1.29, 1.82) is 0 Å². The number of allylic oxidation sites excluding steroid dienone is 9. The van der Waals surface area contributed by atoms with Gasteiger partial charge in [0, 0.05) is 29.6 Å². The third-order valence-electron chi connectivity index (χ3n) is 8.70. The van der Waals surface area contributed by atoms with Crippen molar-refractivity contribution in [3.05, 3.63) is 157 Å². The molecule has 4 aromatic carbocycles. The molecule has 2 N–H and O–H groups in total. The van der Waals surface area contributed by atoms with E-state index in [4.69, 9.17) is 10.7 Å². The molecule has 0 amide bonds. The Balaban J connectivity index is 1.30. The molecule has 1 heterocycles. The van der Waals surface area contributed by atoms with E-state index in [0.29, 0.717) is 0 Å². The molecule has 0 saturated carbocycles. The van der Waals surface area contributed by atoms with E-state index in [2.05, 4.69) is 111 Å². The summed E-state index contributed by atoms with van der Waals surface area (Å²) >= 11 is 0. The summed E-state index contributed by atoms with van der Waals surface area (Å²) in [6.45, 7) is 8.62. The number of benzene rings is 4. The van der Waals surface area contributed by atoms with E-state index in [1.54, 1.807) is 0 Å². The van der Waals surface area contributed by atoms with E-state index in [1.165, 1.54) is 33.4 Å². The Bertz CT molecular complexity index is 2040. The van der Waals surface area contributed by atoms with Crippen molar-refractivity contribution in [3.63, 3.8) is 0 Å². The second-order valence-corrected chi connectivity index (χ2v) is 12.3. The van der Waals surface area contributed by atoms with Gasteiger partial charge in [-0.05, 0) is 71.0 Å². The second kappa shape index (κ2) is 12.9. The molecular formula is C43H41N3. The van der Waals surface area contributed by atoms with Gasteiger partial charge in [0.25, 0.3) is 0 Å². The first-order valence-electron chi connectivity index (χ1n) is 15.9. The standard InChI is InChI=1S/C43H41N3/c1-6-8-10-14-35-29-43(3,4)38-26-25-34(28-37(35)38)32-19-17-30(18-20-32)31-21-23-33(24-22-31)41-42(46(5)27-13-9-7-2)40(44)36-15-11-12-16-39(36)45-41/h6-29H,1-5H3,(H2,44,45)/b8-6-,9-7-,14-10-,27-13-. The largest absolute Gasteiger partial charge is 0.396 e. The molecule has 0 spiro atoms. The lowest BCUT2D eigenvalue weighted by Gasteiger charge is -2.22. The molecule has 6 rings (SSSR count). The van der Waals surface area contributed by atoms with Crippen LogP contribution in [0.3, 0.4) is 0 Å². The lowest BCUT2D eigenvalue weighted by atomic mass is 9.86. The average Bonchev–Trinajstić information content (AvgIpc) is 3.33. The fourth-order valence-electron chi connectivity index (χ4n) is 6.30. The lowest BCUT2D eigenvalue weighted by molar-refractivity contribution is 0.683. The summed E-state index contributed by atoms with van der Waals surface area (Å²) in [5.74, 6) is 0. The van der Waals surface area contributed by atoms with E-state index in [9.17, 15) is 0 Å². The summed E-state index contributed by atoms with van der Waals surface area (Å²) in [6.07, 6.45) is 18.9. The molecule has 0 unspecified atom stereocenters. The van der Waals surface area contributed by atoms with Gasteiger partial charge < -0.3 is 10.6 Å². The number of nitrogens with zero attached hydrogens (tertiary/aromatic N) is 2. The third kappa shape index (κ3) is 5.97. The van der Waals surface area contributed by atoms with Gasteiger partial charge in [-0.1, -0.05) is 135 Å². The first-order valence-corrected chi connectivity index (χ1v) is 15.9. The van der Waals surface area contributed by atoms with Gasteiger partial charge in [-0.15, -0.1) is 0 Å². The number of aromatic nitrogens is 1. The van der Waals surface area contributed by atoms with Gasteiger partial charge >= 0.3 is 0 Å². The van der Waals surface area contributed by atoms with Crippen LogP contribution in [0.4, 0.5) is 11.4 Å². The number of rotatable bonds is 8. The molecule has 228 valence electrons. The summed E-state index contributed by atoms with van der Waals surface area (Å²) < 4.78 is 0. The second-order valence-electron chi connectivity index (χ2n) is 12.3. The molecule has 1 aromatic heterocycles. The average molecular weight is 600 g/mol. The first kappa shape index (κ1) is 30.6. The highest BCUT2D eigenvalue weighted by Crippen LogP contribution is 2.43. The van der Waals surface area contributed by atoms with Crippen molar-refractivity contribution in [1.82, 2.24) is 4.98 Å². The van der Waals surface area contributed by atoms with Crippen LogP contribution in [0, 0.1) is 0 Å². The van der Waals surface area contributed by atoms with Crippen LogP contribution in [0.1, 0.15) is 38.8 Å². The molecule has 0 saturated heterocycles. The molecule has 0 fully saturated rings. The van der Waals surface area contributed by atoms with Gasteiger partial charge in [0.15, 0.2) is 0 Å². The number of para-hydroxylation sites is 1. The molecule has 3 nitrogen and oxygen atoms in total. The normalized spacial score (nSPS) is 14.2. The van der Waals surface area contributed by atoms with Crippen molar-refractivity contribution < 1.29 is 0 Å². The zero-order chi connectivity index (χ0) is 32.3. The molecule has 46 heavy (non-hydrogen) atoms. The topological polar surface area (TPSA) is 42.1 Å². The van der Waals surface area contributed by atoms with Gasteiger partial charge in [0.1, 0.15) is 0 Å². The maximum atomic E-state index is 6.78. The number of anilines is 2. The zero-order valence-corrected chi connectivity index (χ0v) is 27.3. The highest BCUT2D eigenvalue weighted by Gasteiger charge is 2.29. The Kier molecular flexibility index (Phi) is 8.59. The Morgan fingerprint density at radius 3 is 1.96 bits per heavy atom. The molecule has 5 aromatic rings. The van der Waals surface area contributed by atoms with E-state index < -0.39 is 0 Å². The minimum Gasteiger partial charge on any atom is -0.396 e. The van der Waals surface area contributed by atoms with Crippen LogP contribution in [-0.4, -0.2) is 12.0 Å². The number of fused-ring (bicyclic) bond motifs is 2. The Morgan fingerprint density at radius 1 is 0.696 bits per heavy atom. The SMILES string of the molecule is C/C=C\C=C/C1=CC(C)(C)c2ccc(-c3ccc(-c4ccc(-c5nc6ccccc6c(N)c5N(C)/C=C\C=C/C)cc4)cc3)cc21. The van der Waals surface area contributed by atoms with Crippen LogP contribution < -0.4 is 10.6 Å². The minimum absolute atomic E-state index is 0.0207. The summed E-state index contributed by atoms with van der Waals surface area (Å²) in [4.78, 5) is 7.13. The Labute approximate surface area is 273 Å². The zero-order valence-electron chi connectivity index (χ0n) is 27.3. The van der Waals surface area contributed by atoms with Crippen LogP contribution >= 0.6 is 0 Å². The highest BCUT2D eigenvalue weighted by atomic mass is 15.1. The molecule has 0 radical (unpaired) electrons. The monoisotopic (exact) mass is 599 g/mol. The molecule has 1 aliphatic rings. The first-order chi connectivity index (χ1) is 22.3. The van der Waals surface area contributed by atoms with Crippen molar-refractivity contribution in [3.8, 4) is 33.5 Å². The van der Waals surface area contributed by atoms with Gasteiger partial charge in [-0.25, -0.2) is 4.98 Å². The quantitative estimate of drug-likeness (QED) is 0.180. The number of pyridine rings is 1. The van der Waals surface area contributed by atoms with Gasteiger partial charge in [-0.2, -0.15) is 0 Å². The third-order valence-corrected chi connectivity index (χ3v) is 8.70. The van der Waals surface area contributed by atoms with E-state index in [-0.39, 0.29) is 5.41 Å². The van der Waals surface area contributed by atoms with E-state index in [1.807, 2.05) is 74.5 Å². The minimum atomic E-state index is 0.0207. The van der Waals surface area contributed by atoms with Crippen molar-refractivity contribution in [2.75, 3.05) is 17.7 Å². The van der Waals surface area contributed by atoms with Gasteiger partial charge in [-0.3, -0.25) is 0 Å². The van der Waals surface area contributed by atoms with E-state index >= 15 is 0 Å². The molecule has 0 bridgehead atoms. The van der Waals surface area contributed by atoms with Gasteiger partial charge in [0.05, 0.1) is 22.6 Å². The molecule has 3 heteroatoms. The highest BCUT2D eigenvalue weighted by molar-refractivity contribution is 6.02. The van der Waals surface area contributed by atoms with Crippen LogP contribution in [-0.2, 0) is 5.41 Å². The predicted molar refractivity (Wildman–Crippen MR) is 200 cm³/mol. The predicted octanol–water partition coefficient (Wildman–Crippen LogP) is 11.2. The van der Waals surface area contributed by atoms with Crippen LogP contribution in [0.2, 0.25) is 0 Å². The summed E-state index contributed by atoms with van der Waals surface area (Å²) in [5.41, 5.74) is 19.9. The van der Waals surface area contributed by atoms with E-state index in [0.717, 1.165) is 39.1 Å². The van der Waals surface area contributed by atoms with Crippen molar-refractivity contribution in [2.45, 2.75) is 33.1 Å². The molecule has 1 aliphatic carbocycles. The van der Waals surface area contributed by atoms with Crippen molar-refractivity contribution in [2.24, 2.45) is 0 Å². The molecular weight excluding hydrogens is 558 g/mol. The molecule has 0 aliphatic heterocycles. The van der Waals surface area contributed by atoms with Crippen molar-refractivity contribution >= 4 is 27.9 Å². The van der Waals surface area contributed by atoms with Crippen LogP contribution in [0.5, 0.6) is 0 Å². The fraction of sp³-hybridized carbons (Fsp3) is 0.140. The number of hydrogen-bond acceptors (Lipinski definition) is 3. The molecule has 0 atom stereocenters. The fourth-order valence-corrected chi connectivity index (χ4v) is 6.30. The lowest BCUT2D eigenvalue weighted by Crippen LogP contribution is -2.13. The van der Waals surface area contributed by atoms with Crippen LogP contribution in [0.15, 0.2) is 146 Å². The maximum absolute atomic E-state index is 6.78. The summed E-state index contributed by atoms with van der Waals surface area (Å²) in [5, 5.41) is 0.952. The Hall–Kier alpha value is -5.41.